The molecule has 0 fully saturated rings. The third-order valence-corrected chi connectivity index (χ3v) is 5.14. The Morgan fingerprint density at radius 1 is 0.759 bits per heavy atom. The number of rotatable bonds is 20. The van der Waals surface area contributed by atoms with Gasteiger partial charge in [-0.3, -0.25) is 4.79 Å². The molecule has 0 aromatic rings. The predicted molar refractivity (Wildman–Crippen MR) is 123 cm³/mol. The number of aliphatic carboxylic acids is 1. The van der Waals surface area contributed by atoms with Crippen LogP contribution in [0.4, 0.5) is 0 Å². The van der Waals surface area contributed by atoms with Crippen LogP contribution in [0, 0.1) is 6.92 Å². The summed E-state index contributed by atoms with van der Waals surface area (Å²) < 4.78 is 0. The first-order valence-corrected chi connectivity index (χ1v) is 12.1. The van der Waals surface area contributed by atoms with Gasteiger partial charge in [0, 0.05) is 0 Å². The Balaban J connectivity index is -0.000000525. The summed E-state index contributed by atoms with van der Waals surface area (Å²) in [5.41, 5.74) is 10.4. The zero-order chi connectivity index (χ0) is 21.3. The second-order valence-electron chi connectivity index (χ2n) is 8.03. The number of hydrogen-bond acceptors (Lipinski definition) is 3. The number of hydrogen-bond donors (Lipinski definition) is 3. The second kappa shape index (κ2) is 30.6. The Hall–Kier alpha value is 0.390. The fourth-order valence-corrected chi connectivity index (χ4v) is 3.18. The molecule has 0 saturated heterocycles. The summed E-state index contributed by atoms with van der Waals surface area (Å²) in [4.78, 5) is 10.1. The molecule has 0 saturated carbocycles. The molecule has 4 nitrogen and oxygen atoms in total. The average Bonchev–Trinajstić information content (AvgIpc) is 2.69. The van der Waals surface area contributed by atoms with Gasteiger partial charge in [0.1, 0.15) is 6.04 Å². The van der Waals surface area contributed by atoms with Crippen LogP contribution < -0.4 is 41.0 Å². The summed E-state index contributed by atoms with van der Waals surface area (Å²) >= 11 is 0. The van der Waals surface area contributed by atoms with Crippen molar-refractivity contribution in [3.63, 3.8) is 0 Å². The van der Waals surface area contributed by atoms with Crippen molar-refractivity contribution in [1.29, 1.82) is 0 Å². The predicted octanol–water partition coefficient (Wildman–Crippen LogP) is 3.61. The molecule has 0 aromatic carbocycles. The van der Waals surface area contributed by atoms with Crippen LogP contribution in [0.5, 0.6) is 0 Å². The topological polar surface area (TPSA) is 89.3 Å². The van der Waals surface area contributed by atoms with Gasteiger partial charge in [0.2, 0.25) is 0 Å². The van der Waals surface area contributed by atoms with Crippen molar-refractivity contribution in [2.75, 3.05) is 6.54 Å². The maximum atomic E-state index is 10.1. The largest absolute Gasteiger partial charge is 1.00 e. The molecular weight excluding hydrogens is 371 g/mol. The van der Waals surface area contributed by atoms with Crippen LogP contribution in [-0.2, 0) is 4.79 Å². The molecule has 1 atom stereocenters. The van der Waals surface area contributed by atoms with Crippen LogP contribution in [0.3, 0.4) is 0 Å². The molecule has 0 amide bonds. The van der Waals surface area contributed by atoms with E-state index in [1.54, 1.807) is 0 Å². The van der Waals surface area contributed by atoms with E-state index in [4.69, 9.17) is 16.6 Å². The van der Waals surface area contributed by atoms with Crippen LogP contribution in [0.2, 0.25) is 0 Å². The van der Waals surface area contributed by atoms with E-state index in [1.165, 1.54) is 96.3 Å². The fraction of sp³-hybridized carbons (Fsp3) is 0.917. The summed E-state index contributed by atoms with van der Waals surface area (Å²) in [6.07, 6.45) is 25.0. The van der Waals surface area contributed by atoms with E-state index in [0.29, 0.717) is 13.0 Å². The van der Waals surface area contributed by atoms with E-state index in [-0.39, 0.29) is 29.6 Å². The van der Waals surface area contributed by atoms with E-state index in [2.05, 4.69) is 13.8 Å². The van der Waals surface area contributed by atoms with Crippen LogP contribution in [0.1, 0.15) is 129 Å². The molecule has 0 heterocycles. The summed E-state index contributed by atoms with van der Waals surface area (Å²) in [7, 11) is 0. The Labute approximate surface area is 204 Å². The quantitative estimate of drug-likeness (QED) is 0.159. The standard InChI is InChI=1S/C18H37.C6H14N2O2.Na/c1-3-5-7-9-11-13-15-17-18-16-14-12-10-8-6-4-2;7-4-2-1-3-5(8)6(9)10;/h1,3-18H2,2H3;5H,1-4,7-8H2,(H,9,10);/q-1;;+1. The third kappa shape index (κ3) is 33.2. The molecule has 0 bridgehead atoms. The summed E-state index contributed by atoms with van der Waals surface area (Å²) in [6, 6.07) is -0.716. The van der Waals surface area contributed by atoms with Crippen LogP contribution in [0.25, 0.3) is 0 Å². The Kier molecular flexibility index (Phi) is 35.9. The van der Waals surface area contributed by atoms with E-state index >= 15 is 0 Å². The maximum absolute atomic E-state index is 10.1. The third-order valence-electron chi connectivity index (χ3n) is 5.14. The number of carboxylic acid groups (broad SMARTS) is 1. The van der Waals surface area contributed by atoms with Crippen molar-refractivity contribution in [2.45, 2.75) is 135 Å². The molecule has 0 aliphatic rings. The maximum Gasteiger partial charge on any atom is 1.00 e. The molecule has 0 spiro atoms. The van der Waals surface area contributed by atoms with Crippen molar-refractivity contribution < 1.29 is 39.5 Å². The molecule has 0 aromatic heterocycles. The van der Waals surface area contributed by atoms with Gasteiger partial charge in [-0.2, -0.15) is 6.42 Å². The smallest absolute Gasteiger partial charge is 0.480 e. The molecule has 0 radical (unpaired) electrons. The average molecular weight is 423 g/mol. The van der Waals surface area contributed by atoms with Gasteiger partial charge in [0.15, 0.2) is 0 Å². The first-order chi connectivity index (χ1) is 13.6. The fourth-order valence-electron chi connectivity index (χ4n) is 3.18. The van der Waals surface area contributed by atoms with Crippen molar-refractivity contribution in [1.82, 2.24) is 0 Å². The SMILES string of the molecule is NCCCCC(N)C(=O)O.[CH2-]CCCCCCCCCCCCCCCCC.[Na+]. The van der Waals surface area contributed by atoms with Crippen LogP contribution >= 0.6 is 0 Å². The summed E-state index contributed by atoms with van der Waals surface area (Å²) in [5, 5.41) is 8.33. The van der Waals surface area contributed by atoms with Gasteiger partial charge >= 0.3 is 35.5 Å². The van der Waals surface area contributed by atoms with Gasteiger partial charge in [0.25, 0.3) is 0 Å². The monoisotopic (exact) mass is 422 g/mol. The zero-order valence-electron chi connectivity index (χ0n) is 19.9. The van der Waals surface area contributed by atoms with E-state index < -0.39 is 12.0 Å². The molecule has 5 N–H and O–H groups in total. The first kappa shape index (κ1) is 34.0. The van der Waals surface area contributed by atoms with Gasteiger partial charge in [-0.1, -0.05) is 110 Å². The summed E-state index contributed by atoms with van der Waals surface area (Å²) in [5.74, 6) is -0.933. The van der Waals surface area contributed by atoms with Crippen molar-refractivity contribution in [2.24, 2.45) is 11.5 Å². The van der Waals surface area contributed by atoms with E-state index in [9.17, 15) is 4.79 Å². The molecule has 0 aliphatic heterocycles. The Morgan fingerprint density at radius 3 is 1.45 bits per heavy atom. The number of nitrogens with two attached hydrogens (primary N) is 2. The summed E-state index contributed by atoms with van der Waals surface area (Å²) in [6.45, 7) is 6.78. The molecule has 5 heteroatoms. The molecule has 170 valence electrons. The number of carbonyl (C=O) groups is 1. The molecule has 0 rings (SSSR count). The second-order valence-corrected chi connectivity index (χ2v) is 8.03. The molecule has 29 heavy (non-hydrogen) atoms. The zero-order valence-corrected chi connectivity index (χ0v) is 21.9. The van der Waals surface area contributed by atoms with Gasteiger partial charge in [-0.05, 0) is 19.4 Å². The molecular formula is C24H51N2NaO2. The molecule has 1 unspecified atom stereocenters. The van der Waals surface area contributed by atoms with Gasteiger partial charge in [0.05, 0.1) is 0 Å². The van der Waals surface area contributed by atoms with Crippen LogP contribution in [0.15, 0.2) is 0 Å². The number of carboxylic acids is 1. The first-order valence-electron chi connectivity index (χ1n) is 12.1. The van der Waals surface area contributed by atoms with Crippen molar-refractivity contribution >= 4 is 5.97 Å². The van der Waals surface area contributed by atoms with Gasteiger partial charge < -0.3 is 23.5 Å². The van der Waals surface area contributed by atoms with Crippen molar-refractivity contribution in [3.05, 3.63) is 6.92 Å². The van der Waals surface area contributed by atoms with E-state index in [1.807, 2.05) is 0 Å². The minimum Gasteiger partial charge on any atom is -0.480 e. The van der Waals surface area contributed by atoms with Gasteiger partial charge in [-0.25, -0.2) is 0 Å². The van der Waals surface area contributed by atoms with Crippen LogP contribution in [-0.4, -0.2) is 23.7 Å². The Bertz CT molecular complexity index is 289. The normalized spacial score (nSPS) is 11.3. The minimum absolute atomic E-state index is 0. The van der Waals surface area contributed by atoms with Gasteiger partial charge in [-0.15, -0.1) is 0 Å². The number of unbranched alkanes of at least 4 members (excludes halogenated alkanes) is 16. The van der Waals surface area contributed by atoms with E-state index in [0.717, 1.165) is 19.3 Å². The Morgan fingerprint density at radius 2 is 1.14 bits per heavy atom. The molecule has 0 aliphatic carbocycles. The minimum atomic E-state index is -0.933. The van der Waals surface area contributed by atoms with Crippen molar-refractivity contribution in [3.8, 4) is 0 Å².